The predicted octanol–water partition coefficient (Wildman–Crippen LogP) is 3.21. The van der Waals surface area contributed by atoms with Gasteiger partial charge in [-0.05, 0) is 34.5 Å². The molecule has 0 saturated carbocycles. The number of nitrogens with one attached hydrogen (secondary N) is 1. The highest BCUT2D eigenvalue weighted by Gasteiger charge is 2.40. The zero-order valence-corrected chi connectivity index (χ0v) is 12.8. The van der Waals surface area contributed by atoms with Gasteiger partial charge in [-0.1, -0.05) is 12.1 Å². The number of nitrogens with two attached hydrogens (primary N) is 1. The van der Waals surface area contributed by atoms with Gasteiger partial charge in [0.15, 0.2) is 0 Å². The van der Waals surface area contributed by atoms with Crippen LogP contribution in [0.5, 0.6) is 0 Å². The average molecular weight is 317 g/mol. The molecular formula is C17H11N5S. The molecule has 1 aromatic heterocycles. The second kappa shape index (κ2) is 4.91. The van der Waals surface area contributed by atoms with E-state index >= 15 is 0 Å². The maximum Gasteiger partial charge on any atom is 0.131 e. The van der Waals surface area contributed by atoms with E-state index in [1.807, 2.05) is 41.1 Å². The first-order chi connectivity index (χ1) is 11.3. The minimum Gasteiger partial charge on any atom is -0.384 e. The van der Waals surface area contributed by atoms with Crippen molar-refractivity contribution in [1.29, 1.82) is 10.5 Å². The highest BCUT2D eigenvalue weighted by Crippen LogP contribution is 2.47. The van der Waals surface area contributed by atoms with Crippen LogP contribution < -0.4 is 16.0 Å². The third-order valence-electron chi connectivity index (χ3n) is 4.09. The predicted molar refractivity (Wildman–Crippen MR) is 89.1 cm³/mol. The molecule has 1 aromatic carbocycles. The molecule has 6 heteroatoms. The van der Waals surface area contributed by atoms with Gasteiger partial charge in [0.1, 0.15) is 11.6 Å². The number of para-hydroxylation sites is 2. The smallest absolute Gasteiger partial charge is 0.131 e. The summed E-state index contributed by atoms with van der Waals surface area (Å²) in [5.41, 5.74) is 9.86. The molecule has 2 aliphatic rings. The van der Waals surface area contributed by atoms with E-state index in [0.29, 0.717) is 22.8 Å². The van der Waals surface area contributed by atoms with E-state index in [1.54, 1.807) is 4.90 Å². The zero-order valence-electron chi connectivity index (χ0n) is 11.9. The van der Waals surface area contributed by atoms with Crippen molar-refractivity contribution >= 4 is 22.7 Å². The van der Waals surface area contributed by atoms with Gasteiger partial charge in [0, 0.05) is 0 Å². The molecule has 110 valence electrons. The number of rotatable bonds is 1. The Morgan fingerprint density at radius 3 is 2.61 bits per heavy atom. The van der Waals surface area contributed by atoms with E-state index in [4.69, 9.17) is 5.73 Å². The molecule has 5 nitrogen and oxygen atoms in total. The van der Waals surface area contributed by atoms with Crippen LogP contribution in [0.1, 0.15) is 11.5 Å². The summed E-state index contributed by atoms with van der Waals surface area (Å²) in [4.78, 5) is 1.76. The van der Waals surface area contributed by atoms with Gasteiger partial charge in [-0.25, -0.2) is 0 Å². The second-order valence-corrected chi connectivity index (χ2v) is 6.03. The van der Waals surface area contributed by atoms with Crippen LogP contribution in [0.2, 0.25) is 0 Å². The molecule has 2 aromatic rings. The lowest BCUT2D eigenvalue weighted by Gasteiger charge is -2.31. The first-order valence-corrected chi connectivity index (χ1v) is 7.92. The Morgan fingerprint density at radius 2 is 1.91 bits per heavy atom. The lowest BCUT2D eigenvalue weighted by molar-refractivity contribution is 0.872. The number of thiophene rings is 1. The van der Waals surface area contributed by atoms with Crippen molar-refractivity contribution < 1.29 is 0 Å². The van der Waals surface area contributed by atoms with Crippen molar-refractivity contribution in [2.24, 2.45) is 5.73 Å². The van der Waals surface area contributed by atoms with E-state index < -0.39 is 5.92 Å². The fourth-order valence-corrected chi connectivity index (χ4v) is 3.76. The number of nitriles is 2. The molecule has 0 radical (unpaired) electrons. The number of benzene rings is 1. The minimum absolute atomic E-state index is 0.371. The SMILES string of the molecule is N#CC1=C(N)N2C(=C(C#N)C1c1ccsc1)Nc1ccccc12. The van der Waals surface area contributed by atoms with Crippen LogP contribution in [0, 0.1) is 22.7 Å². The molecule has 0 bridgehead atoms. The summed E-state index contributed by atoms with van der Waals surface area (Å²) in [6.07, 6.45) is 0. The Kier molecular flexibility index (Phi) is 2.87. The standard InChI is InChI=1S/C17H11N5S/c18-7-11-15(10-5-6-23-9-10)12(8-19)17-21-13-3-1-2-4-14(13)22(17)16(11)20/h1-6,9,15,21H,20H2. The molecular weight excluding hydrogens is 306 g/mol. The van der Waals surface area contributed by atoms with Crippen molar-refractivity contribution in [3.63, 3.8) is 0 Å². The molecule has 0 fully saturated rings. The van der Waals surface area contributed by atoms with Crippen LogP contribution in [0.15, 0.2) is 63.9 Å². The van der Waals surface area contributed by atoms with E-state index in [-0.39, 0.29) is 0 Å². The lowest BCUT2D eigenvalue weighted by atomic mass is 9.84. The highest BCUT2D eigenvalue weighted by atomic mass is 32.1. The Balaban J connectivity index is 1.99. The maximum atomic E-state index is 9.74. The minimum atomic E-state index is -0.427. The molecule has 0 spiro atoms. The number of fused-ring (bicyclic) bond motifs is 3. The third kappa shape index (κ3) is 1.76. The normalized spacial score (nSPS) is 18.9. The molecule has 1 atom stereocenters. The fourth-order valence-electron chi connectivity index (χ4n) is 3.08. The quantitative estimate of drug-likeness (QED) is 0.843. The molecule has 2 aliphatic heterocycles. The van der Waals surface area contributed by atoms with Crippen molar-refractivity contribution in [3.8, 4) is 12.1 Å². The summed E-state index contributed by atoms with van der Waals surface area (Å²) < 4.78 is 0. The van der Waals surface area contributed by atoms with Gasteiger partial charge in [0.25, 0.3) is 0 Å². The van der Waals surface area contributed by atoms with Gasteiger partial charge in [0.2, 0.25) is 0 Å². The summed E-state index contributed by atoms with van der Waals surface area (Å²) >= 11 is 1.53. The topological polar surface area (TPSA) is 88.9 Å². The van der Waals surface area contributed by atoms with Crippen molar-refractivity contribution in [2.75, 3.05) is 10.2 Å². The van der Waals surface area contributed by atoms with Gasteiger partial charge in [-0.3, -0.25) is 4.90 Å². The summed E-state index contributed by atoms with van der Waals surface area (Å²) in [7, 11) is 0. The van der Waals surface area contributed by atoms with Gasteiger partial charge in [0.05, 0.1) is 40.6 Å². The second-order valence-electron chi connectivity index (χ2n) is 5.25. The van der Waals surface area contributed by atoms with Crippen LogP contribution in [0.4, 0.5) is 11.4 Å². The molecule has 0 saturated heterocycles. The largest absolute Gasteiger partial charge is 0.384 e. The zero-order chi connectivity index (χ0) is 16.0. The summed E-state index contributed by atoms with van der Waals surface area (Å²) in [6.45, 7) is 0. The average Bonchev–Trinajstić information content (AvgIpc) is 3.22. The summed E-state index contributed by atoms with van der Waals surface area (Å²) in [5.74, 6) is 0.584. The van der Waals surface area contributed by atoms with E-state index in [1.165, 1.54) is 11.3 Å². The molecule has 4 rings (SSSR count). The van der Waals surface area contributed by atoms with E-state index in [2.05, 4.69) is 17.5 Å². The fraction of sp³-hybridized carbons (Fsp3) is 0.0588. The van der Waals surface area contributed by atoms with Crippen LogP contribution in [0.25, 0.3) is 0 Å². The Morgan fingerprint density at radius 1 is 1.13 bits per heavy atom. The molecule has 3 N–H and O–H groups in total. The van der Waals surface area contributed by atoms with Crippen molar-refractivity contribution in [1.82, 2.24) is 0 Å². The molecule has 23 heavy (non-hydrogen) atoms. The van der Waals surface area contributed by atoms with Gasteiger partial charge in [-0.15, -0.1) is 0 Å². The first-order valence-electron chi connectivity index (χ1n) is 6.98. The highest BCUT2D eigenvalue weighted by molar-refractivity contribution is 7.08. The first kappa shape index (κ1) is 13.4. The summed E-state index contributed by atoms with van der Waals surface area (Å²) in [6, 6.07) is 14.1. The van der Waals surface area contributed by atoms with Crippen molar-refractivity contribution in [2.45, 2.75) is 5.92 Å². The Labute approximate surface area is 137 Å². The van der Waals surface area contributed by atoms with Gasteiger partial charge in [-0.2, -0.15) is 21.9 Å². The third-order valence-corrected chi connectivity index (χ3v) is 4.79. The molecule has 0 aliphatic carbocycles. The maximum absolute atomic E-state index is 9.74. The lowest BCUT2D eigenvalue weighted by Crippen LogP contribution is -2.34. The number of nitrogens with zero attached hydrogens (tertiary/aromatic N) is 3. The van der Waals surface area contributed by atoms with E-state index in [0.717, 1.165) is 16.9 Å². The monoisotopic (exact) mass is 317 g/mol. The van der Waals surface area contributed by atoms with Crippen LogP contribution in [-0.4, -0.2) is 0 Å². The Hall–Kier alpha value is -3.22. The van der Waals surface area contributed by atoms with Gasteiger partial charge < -0.3 is 11.1 Å². The Bertz CT molecular complexity index is 940. The number of allylic oxidation sites excluding steroid dienone is 2. The summed E-state index contributed by atoms with van der Waals surface area (Å²) in [5, 5.41) is 26.5. The number of hydrogen-bond donors (Lipinski definition) is 2. The van der Waals surface area contributed by atoms with E-state index in [9.17, 15) is 10.5 Å². The van der Waals surface area contributed by atoms with Crippen LogP contribution in [0.3, 0.4) is 0 Å². The molecule has 3 heterocycles. The molecule has 1 unspecified atom stereocenters. The molecule has 0 amide bonds. The van der Waals surface area contributed by atoms with Gasteiger partial charge >= 0.3 is 0 Å². The van der Waals surface area contributed by atoms with Crippen LogP contribution >= 0.6 is 11.3 Å². The number of hydrogen-bond acceptors (Lipinski definition) is 6. The van der Waals surface area contributed by atoms with Crippen LogP contribution in [-0.2, 0) is 0 Å². The van der Waals surface area contributed by atoms with Crippen molar-refractivity contribution in [3.05, 3.63) is 69.4 Å². The number of anilines is 2.